The monoisotopic (exact) mass is 193 g/mol. The molecule has 0 aromatic heterocycles. The van der Waals surface area contributed by atoms with E-state index >= 15 is 0 Å². The molecule has 2 rings (SSSR count). The Labute approximate surface area is 78.9 Å². The summed E-state index contributed by atoms with van der Waals surface area (Å²) in [5.41, 5.74) is 0.131. The molecule has 1 aliphatic carbocycles. The van der Waals surface area contributed by atoms with Gasteiger partial charge in [0.15, 0.2) is 0 Å². The van der Waals surface area contributed by atoms with Gasteiger partial charge in [-0.25, -0.2) is 0 Å². The van der Waals surface area contributed by atoms with Crippen LogP contribution in [0.15, 0.2) is 0 Å². The van der Waals surface area contributed by atoms with Crippen molar-refractivity contribution in [3.8, 4) is 0 Å². The van der Waals surface area contributed by atoms with Crippen molar-refractivity contribution in [2.45, 2.75) is 37.5 Å². The van der Waals surface area contributed by atoms with E-state index in [9.17, 15) is 0 Å². The van der Waals surface area contributed by atoms with Gasteiger partial charge in [-0.2, -0.15) is 0 Å². The fourth-order valence-electron chi connectivity index (χ4n) is 1.88. The van der Waals surface area contributed by atoms with Gasteiger partial charge < -0.3 is 15.2 Å². The lowest BCUT2D eigenvalue weighted by atomic mass is 9.74. The number of nitrogens with one attached hydrogen (secondary N) is 1. The molecule has 2 N–H and O–H groups in total. The maximum absolute atomic E-state index is 9.14. The van der Waals surface area contributed by atoms with Gasteiger partial charge in [0.25, 0.3) is 0 Å². The number of rotatable bonds is 0. The second-order valence-corrected chi connectivity index (χ2v) is 3.84. The Morgan fingerprint density at radius 1 is 1.50 bits per heavy atom. The molecular weight excluding hydrogens is 178 g/mol. The lowest BCUT2D eigenvalue weighted by Crippen LogP contribution is -2.65. The van der Waals surface area contributed by atoms with Crippen molar-refractivity contribution < 1.29 is 9.84 Å². The topological polar surface area (TPSA) is 41.5 Å². The van der Waals surface area contributed by atoms with Crippen LogP contribution < -0.4 is 5.32 Å². The minimum Gasteiger partial charge on any atom is -0.393 e. The zero-order chi connectivity index (χ0) is 7.90. The summed E-state index contributed by atoms with van der Waals surface area (Å²) in [7, 11) is 0. The van der Waals surface area contributed by atoms with Gasteiger partial charge in [0.1, 0.15) is 0 Å². The Morgan fingerprint density at radius 3 is 2.58 bits per heavy atom. The molecule has 1 aliphatic heterocycles. The van der Waals surface area contributed by atoms with Crippen molar-refractivity contribution in [2.24, 2.45) is 0 Å². The smallest absolute Gasteiger partial charge is 0.0672 e. The number of morpholine rings is 1. The lowest BCUT2D eigenvalue weighted by Gasteiger charge is -2.49. The van der Waals surface area contributed by atoms with Gasteiger partial charge in [-0.15, -0.1) is 12.4 Å². The molecule has 2 fully saturated rings. The van der Waals surface area contributed by atoms with Crippen molar-refractivity contribution in [1.29, 1.82) is 0 Å². The van der Waals surface area contributed by atoms with E-state index in [1.54, 1.807) is 0 Å². The average Bonchev–Trinajstić information content (AvgIpc) is 1.92. The summed E-state index contributed by atoms with van der Waals surface area (Å²) in [6.07, 6.45) is 1.96. The van der Waals surface area contributed by atoms with Crippen molar-refractivity contribution in [3.63, 3.8) is 0 Å². The first-order chi connectivity index (χ1) is 5.20. The first-order valence-electron chi connectivity index (χ1n) is 4.25. The van der Waals surface area contributed by atoms with E-state index in [2.05, 4.69) is 12.2 Å². The Hall–Kier alpha value is 0.170. The van der Waals surface area contributed by atoms with Crippen LogP contribution in [0.3, 0.4) is 0 Å². The van der Waals surface area contributed by atoms with E-state index in [0.717, 1.165) is 26.0 Å². The van der Waals surface area contributed by atoms with Crippen LogP contribution in [-0.4, -0.2) is 36.0 Å². The van der Waals surface area contributed by atoms with Crippen molar-refractivity contribution in [3.05, 3.63) is 0 Å². The van der Waals surface area contributed by atoms with Crippen LogP contribution in [0.5, 0.6) is 0 Å². The quantitative estimate of drug-likeness (QED) is 0.582. The maximum Gasteiger partial charge on any atom is 0.0672 e. The highest BCUT2D eigenvalue weighted by Gasteiger charge is 2.45. The largest absolute Gasteiger partial charge is 0.393 e. The van der Waals surface area contributed by atoms with Crippen LogP contribution in [0.1, 0.15) is 19.8 Å². The fourth-order valence-corrected chi connectivity index (χ4v) is 1.88. The van der Waals surface area contributed by atoms with Crippen molar-refractivity contribution in [1.82, 2.24) is 5.32 Å². The summed E-state index contributed by atoms with van der Waals surface area (Å²) < 4.78 is 5.51. The molecule has 1 unspecified atom stereocenters. The van der Waals surface area contributed by atoms with Crippen LogP contribution >= 0.6 is 12.4 Å². The number of hydrogen-bond donors (Lipinski definition) is 2. The maximum atomic E-state index is 9.14. The molecule has 72 valence electrons. The molecule has 0 aromatic carbocycles. The standard InChI is InChI=1S/C8H15NO2.ClH/c1-6-4-9-8(5-11-6)2-7(10)3-8;/h6-7,9-10H,2-5H2,1H3;1H/t6?,7-,8-;. The molecule has 1 atom stereocenters. The summed E-state index contributed by atoms with van der Waals surface area (Å²) in [6.45, 7) is 3.76. The SMILES string of the molecule is CC1CN[C@]2(CO1)C[C@@H](O)C2.Cl. The Morgan fingerprint density at radius 2 is 2.17 bits per heavy atom. The van der Waals surface area contributed by atoms with Crippen LogP contribution in [0.4, 0.5) is 0 Å². The summed E-state index contributed by atoms with van der Waals surface area (Å²) in [6, 6.07) is 0. The highest BCUT2D eigenvalue weighted by Crippen LogP contribution is 2.34. The second-order valence-electron chi connectivity index (χ2n) is 3.84. The van der Waals surface area contributed by atoms with E-state index in [0.29, 0.717) is 6.10 Å². The third-order valence-corrected chi connectivity index (χ3v) is 2.66. The van der Waals surface area contributed by atoms with Crippen LogP contribution in [0, 0.1) is 0 Å². The molecule has 3 nitrogen and oxygen atoms in total. The summed E-state index contributed by atoms with van der Waals surface area (Å²) in [4.78, 5) is 0. The molecular formula is C8H16ClNO2. The molecule has 0 aromatic rings. The van der Waals surface area contributed by atoms with Gasteiger partial charge in [0.2, 0.25) is 0 Å². The molecule has 2 aliphatic rings. The summed E-state index contributed by atoms with van der Waals surface area (Å²) in [5.74, 6) is 0. The van der Waals surface area contributed by atoms with Crippen LogP contribution in [0.25, 0.3) is 0 Å². The van der Waals surface area contributed by atoms with E-state index in [-0.39, 0.29) is 24.0 Å². The van der Waals surface area contributed by atoms with Gasteiger partial charge in [-0.3, -0.25) is 0 Å². The van der Waals surface area contributed by atoms with Gasteiger partial charge >= 0.3 is 0 Å². The van der Waals surface area contributed by atoms with Gasteiger partial charge in [0, 0.05) is 12.1 Å². The van der Waals surface area contributed by atoms with Crippen LogP contribution in [0.2, 0.25) is 0 Å². The molecule has 1 saturated carbocycles. The van der Waals surface area contributed by atoms with Crippen LogP contribution in [-0.2, 0) is 4.74 Å². The predicted octanol–water partition coefficient (Wildman–Crippen LogP) is 0.310. The van der Waals surface area contributed by atoms with Crippen molar-refractivity contribution >= 4 is 12.4 Å². The van der Waals surface area contributed by atoms with Crippen molar-refractivity contribution in [2.75, 3.05) is 13.2 Å². The Balaban J connectivity index is 0.000000720. The predicted molar refractivity (Wildman–Crippen MR) is 48.6 cm³/mol. The highest BCUT2D eigenvalue weighted by atomic mass is 35.5. The molecule has 0 radical (unpaired) electrons. The third kappa shape index (κ3) is 1.74. The van der Waals surface area contributed by atoms with Gasteiger partial charge in [0.05, 0.1) is 18.8 Å². The zero-order valence-electron chi connectivity index (χ0n) is 7.25. The number of ether oxygens (including phenoxy) is 1. The summed E-state index contributed by atoms with van der Waals surface area (Å²) >= 11 is 0. The molecule has 1 saturated heterocycles. The first-order valence-corrected chi connectivity index (χ1v) is 4.25. The first kappa shape index (κ1) is 10.3. The molecule has 4 heteroatoms. The number of aliphatic hydroxyl groups excluding tert-OH is 1. The molecule has 0 bridgehead atoms. The number of hydrogen-bond acceptors (Lipinski definition) is 3. The zero-order valence-corrected chi connectivity index (χ0v) is 8.06. The number of aliphatic hydroxyl groups is 1. The number of halogens is 1. The van der Waals surface area contributed by atoms with E-state index in [1.807, 2.05) is 0 Å². The van der Waals surface area contributed by atoms with Gasteiger partial charge in [-0.1, -0.05) is 0 Å². The normalized spacial score (nSPS) is 46.5. The molecule has 1 spiro atoms. The summed E-state index contributed by atoms with van der Waals surface area (Å²) in [5, 5.41) is 12.6. The van der Waals surface area contributed by atoms with E-state index < -0.39 is 0 Å². The van der Waals surface area contributed by atoms with E-state index in [1.165, 1.54) is 0 Å². The minimum atomic E-state index is -0.0977. The minimum absolute atomic E-state index is 0. The van der Waals surface area contributed by atoms with E-state index in [4.69, 9.17) is 9.84 Å². The fraction of sp³-hybridized carbons (Fsp3) is 1.00. The second kappa shape index (κ2) is 3.50. The Kier molecular flexibility index (Phi) is 2.99. The lowest BCUT2D eigenvalue weighted by molar-refractivity contribution is -0.0977. The Bertz CT molecular complexity index is 149. The van der Waals surface area contributed by atoms with Gasteiger partial charge in [-0.05, 0) is 19.8 Å². The molecule has 12 heavy (non-hydrogen) atoms. The molecule has 1 heterocycles. The average molecular weight is 194 g/mol. The highest BCUT2D eigenvalue weighted by molar-refractivity contribution is 5.85. The molecule has 0 amide bonds. The third-order valence-electron chi connectivity index (χ3n) is 2.66.